The van der Waals surface area contributed by atoms with Crippen LogP contribution in [0.5, 0.6) is 0 Å². The van der Waals surface area contributed by atoms with Gasteiger partial charge >= 0.3 is 0 Å². The number of hydrogen-bond acceptors (Lipinski definition) is 3. The number of methoxy groups -OCH3 is 1. The van der Waals surface area contributed by atoms with Crippen LogP contribution in [0.15, 0.2) is 0 Å². The van der Waals surface area contributed by atoms with Gasteiger partial charge in [-0.2, -0.15) is 0 Å². The monoisotopic (exact) mass is 242 g/mol. The average Bonchev–Trinajstić information content (AvgIpc) is 2.29. The van der Waals surface area contributed by atoms with E-state index in [1.807, 2.05) is 0 Å². The Morgan fingerprint density at radius 2 is 2.06 bits per heavy atom. The van der Waals surface area contributed by atoms with E-state index in [-0.39, 0.29) is 0 Å². The largest absolute Gasteiger partial charge is 0.383 e. The van der Waals surface area contributed by atoms with E-state index in [0.29, 0.717) is 0 Å². The highest BCUT2D eigenvalue weighted by Gasteiger charge is 2.19. The van der Waals surface area contributed by atoms with E-state index in [1.165, 1.54) is 51.7 Å². The molecule has 0 spiro atoms. The van der Waals surface area contributed by atoms with E-state index in [9.17, 15) is 0 Å². The average molecular weight is 242 g/mol. The summed E-state index contributed by atoms with van der Waals surface area (Å²) in [6.07, 6.45) is 7.00. The van der Waals surface area contributed by atoms with E-state index in [4.69, 9.17) is 4.74 Å². The fraction of sp³-hybridized carbons (Fsp3) is 1.00. The van der Waals surface area contributed by atoms with Crippen molar-refractivity contribution in [2.24, 2.45) is 5.92 Å². The number of nitrogens with zero attached hydrogens (tertiary/aromatic N) is 1. The van der Waals surface area contributed by atoms with Crippen LogP contribution in [0.25, 0.3) is 0 Å². The van der Waals surface area contributed by atoms with Crippen LogP contribution in [-0.4, -0.2) is 51.3 Å². The first-order valence-electron chi connectivity index (χ1n) is 7.28. The molecule has 1 saturated carbocycles. The molecule has 3 heteroatoms. The second kappa shape index (κ2) is 9.86. The molecule has 102 valence electrons. The van der Waals surface area contributed by atoms with Crippen molar-refractivity contribution < 1.29 is 4.74 Å². The lowest BCUT2D eigenvalue weighted by Crippen LogP contribution is -2.33. The second-order valence-electron chi connectivity index (χ2n) is 5.14. The van der Waals surface area contributed by atoms with Crippen LogP contribution in [0.2, 0.25) is 0 Å². The number of unbranched alkanes of at least 4 members (excludes halogenated alkanes) is 1. The van der Waals surface area contributed by atoms with Crippen LogP contribution in [-0.2, 0) is 4.74 Å². The number of hydrogen-bond donors (Lipinski definition) is 1. The molecule has 0 aromatic heterocycles. The predicted octanol–water partition coefficient (Wildman–Crippen LogP) is 2.12. The van der Waals surface area contributed by atoms with Gasteiger partial charge in [-0.3, -0.25) is 0 Å². The van der Waals surface area contributed by atoms with Crippen molar-refractivity contribution >= 4 is 0 Å². The third kappa shape index (κ3) is 7.02. The van der Waals surface area contributed by atoms with Crippen LogP contribution in [0, 0.1) is 5.92 Å². The topological polar surface area (TPSA) is 24.5 Å². The predicted molar refractivity (Wildman–Crippen MR) is 73.4 cm³/mol. The molecule has 0 amide bonds. The smallest absolute Gasteiger partial charge is 0.0587 e. The molecule has 0 saturated heterocycles. The molecule has 0 atom stereocenters. The zero-order chi connectivity index (χ0) is 12.3. The van der Waals surface area contributed by atoms with Gasteiger partial charge in [-0.15, -0.1) is 0 Å². The van der Waals surface area contributed by atoms with Crippen LogP contribution < -0.4 is 5.32 Å². The first kappa shape index (κ1) is 14.9. The van der Waals surface area contributed by atoms with Crippen LogP contribution in [0.4, 0.5) is 0 Å². The van der Waals surface area contributed by atoms with Gasteiger partial charge in [0.2, 0.25) is 0 Å². The molecule has 0 aromatic carbocycles. The maximum absolute atomic E-state index is 5.00. The molecule has 1 N–H and O–H groups in total. The molecular weight excluding hydrogens is 212 g/mol. The van der Waals surface area contributed by atoms with E-state index in [2.05, 4.69) is 17.1 Å². The third-order valence-corrected chi connectivity index (χ3v) is 3.75. The van der Waals surface area contributed by atoms with Gasteiger partial charge in [0, 0.05) is 20.2 Å². The zero-order valence-electron chi connectivity index (χ0n) is 11.7. The summed E-state index contributed by atoms with van der Waals surface area (Å²) in [5.41, 5.74) is 0. The van der Waals surface area contributed by atoms with Gasteiger partial charge in [0.05, 0.1) is 6.61 Å². The first-order chi connectivity index (χ1) is 8.36. The van der Waals surface area contributed by atoms with Crippen molar-refractivity contribution in [1.29, 1.82) is 0 Å². The summed E-state index contributed by atoms with van der Waals surface area (Å²) in [4.78, 5) is 2.62. The number of rotatable bonds is 11. The van der Waals surface area contributed by atoms with Crippen LogP contribution >= 0.6 is 0 Å². The van der Waals surface area contributed by atoms with Crippen LogP contribution in [0.3, 0.4) is 0 Å². The summed E-state index contributed by atoms with van der Waals surface area (Å²) >= 11 is 0. The van der Waals surface area contributed by atoms with Gasteiger partial charge in [-0.05, 0) is 51.2 Å². The van der Waals surface area contributed by atoms with Crippen molar-refractivity contribution in [2.45, 2.75) is 39.0 Å². The van der Waals surface area contributed by atoms with Crippen molar-refractivity contribution in [3.05, 3.63) is 0 Å². The molecule has 0 aromatic rings. The minimum absolute atomic E-state index is 0.822. The van der Waals surface area contributed by atoms with Crippen LogP contribution in [0.1, 0.15) is 39.0 Å². The molecule has 1 fully saturated rings. The Labute approximate surface area is 107 Å². The Morgan fingerprint density at radius 3 is 2.65 bits per heavy atom. The summed E-state index contributed by atoms with van der Waals surface area (Å²) in [7, 11) is 1.75. The minimum Gasteiger partial charge on any atom is -0.383 e. The van der Waals surface area contributed by atoms with Gasteiger partial charge < -0.3 is 15.0 Å². The van der Waals surface area contributed by atoms with Gasteiger partial charge in [0.15, 0.2) is 0 Å². The summed E-state index contributed by atoms with van der Waals surface area (Å²) in [6, 6.07) is 0. The molecule has 0 bridgehead atoms. The normalized spacial score (nSPS) is 16.4. The molecule has 0 radical (unpaired) electrons. The van der Waals surface area contributed by atoms with Crippen molar-refractivity contribution in [1.82, 2.24) is 10.2 Å². The highest BCUT2D eigenvalue weighted by Crippen LogP contribution is 2.26. The van der Waals surface area contributed by atoms with Gasteiger partial charge in [0.1, 0.15) is 0 Å². The minimum atomic E-state index is 0.822. The zero-order valence-corrected chi connectivity index (χ0v) is 11.7. The maximum Gasteiger partial charge on any atom is 0.0587 e. The highest BCUT2D eigenvalue weighted by atomic mass is 16.5. The van der Waals surface area contributed by atoms with E-state index < -0.39 is 0 Å². The molecule has 0 unspecified atom stereocenters. The lowest BCUT2D eigenvalue weighted by atomic mass is 9.85. The van der Waals surface area contributed by atoms with E-state index >= 15 is 0 Å². The Kier molecular flexibility index (Phi) is 8.67. The fourth-order valence-corrected chi connectivity index (χ4v) is 2.30. The molecule has 0 heterocycles. The fourth-order valence-electron chi connectivity index (χ4n) is 2.30. The van der Waals surface area contributed by atoms with E-state index in [1.54, 1.807) is 7.11 Å². The Bertz CT molecular complexity index is 172. The molecular formula is C14H30N2O. The molecule has 1 aliphatic rings. The molecule has 0 aliphatic heterocycles. The van der Waals surface area contributed by atoms with Gasteiger partial charge in [0.25, 0.3) is 0 Å². The van der Waals surface area contributed by atoms with Crippen molar-refractivity contribution in [3.8, 4) is 0 Å². The summed E-state index contributed by atoms with van der Waals surface area (Å²) < 4.78 is 5.00. The number of ether oxygens (including phenoxy) is 1. The van der Waals surface area contributed by atoms with E-state index in [0.717, 1.165) is 25.6 Å². The molecule has 3 nitrogen and oxygen atoms in total. The quantitative estimate of drug-likeness (QED) is 0.562. The van der Waals surface area contributed by atoms with Crippen molar-refractivity contribution in [3.63, 3.8) is 0 Å². The molecule has 1 rings (SSSR count). The standard InChI is InChI=1S/C14H30N2O/c1-3-16(13-14-7-6-8-14)11-5-4-9-15-10-12-17-2/h14-15H,3-13H2,1-2H3. The lowest BCUT2D eigenvalue weighted by Gasteiger charge is -2.31. The molecule has 1 aliphatic carbocycles. The Balaban J connectivity index is 1.88. The summed E-state index contributed by atoms with van der Waals surface area (Å²) in [5, 5.41) is 3.40. The number of nitrogens with one attached hydrogen (secondary N) is 1. The Morgan fingerprint density at radius 1 is 1.24 bits per heavy atom. The first-order valence-corrected chi connectivity index (χ1v) is 7.28. The SMILES string of the molecule is CCN(CCCCNCCOC)CC1CCC1. The third-order valence-electron chi connectivity index (χ3n) is 3.75. The maximum atomic E-state index is 5.00. The lowest BCUT2D eigenvalue weighted by molar-refractivity contribution is 0.181. The Hall–Kier alpha value is -0.120. The van der Waals surface area contributed by atoms with Gasteiger partial charge in [-0.1, -0.05) is 13.3 Å². The summed E-state index contributed by atoms with van der Waals surface area (Å²) in [6.45, 7) is 9.05. The highest BCUT2D eigenvalue weighted by molar-refractivity contribution is 4.73. The van der Waals surface area contributed by atoms with Crippen molar-refractivity contribution in [2.75, 3.05) is 46.4 Å². The summed E-state index contributed by atoms with van der Waals surface area (Å²) in [5.74, 6) is 1.01. The van der Waals surface area contributed by atoms with Gasteiger partial charge in [-0.25, -0.2) is 0 Å². The molecule has 17 heavy (non-hydrogen) atoms. The second-order valence-corrected chi connectivity index (χ2v) is 5.14.